The van der Waals surface area contributed by atoms with E-state index in [-0.39, 0.29) is 0 Å². The fourth-order valence-electron chi connectivity index (χ4n) is 4.39. The Morgan fingerprint density at radius 2 is 1.66 bits per heavy atom. The van der Waals surface area contributed by atoms with Crippen LogP contribution < -0.4 is 4.90 Å². The van der Waals surface area contributed by atoms with Gasteiger partial charge in [0.25, 0.3) is 0 Å². The van der Waals surface area contributed by atoms with Gasteiger partial charge in [0.05, 0.1) is 0 Å². The number of benzene rings is 3. The second-order valence-corrected chi connectivity index (χ2v) is 8.06. The lowest BCUT2D eigenvalue weighted by atomic mass is 10.1. The van der Waals surface area contributed by atoms with Gasteiger partial charge in [-0.2, -0.15) is 0 Å². The molecule has 1 aliphatic heterocycles. The van der Waals surface area contributed by atoms with Crippen molar-refractivity contribution in [1.82, 2.24) is 4.90 Å². The predicted octanol–water partition coefficient (Wildman–Crippen LogP) is 5.23. The lowest BCUT2D eigenvalue weighted by Crippen LogP contribution is -2.46. The van der Waals surface area contributed by atoms with Crippen molar-refractivity contribution in [3.63, 3.8) is 0 Å². The van der Waals surface area contributed by atoms with Gasteiger partial charge in [0.15, 0.2) is 0 Å². The first-order chi connectivity index (χ1) is 14.1. The molecule has 3 aromatic carbocycles. The van der Waals surface area contributed by atoms with Crippen LogP contribution in [0.1, 0.15) is 16.7 Å². The van der Waals surface area contributed by atoms with E-state index in [4.69, 9.17) is 4.42 Å². The molecule has 4 heteroatoms. The zero-order valence-electron chi connectivity index (χ0n) is 17.0. The second-order valence-electron chi connectivity index (χ2n) is 8.06. The van der Waals surface area contributed by atoms with Gasteiger partial charge in [-0.1, -0.05) is 30.3 Å². The van der Waals surface area contributed by atoms with Gasteiger partial charge in [-0.05, 0) is 49.2 Å². The Bertz CT molecular complexity index is 1190. The van der Waals surface area contributed by atoms with E-state index in [1.165, 1.54) is 16.8 Å². The molecule has 0 radical (unpaired) electrons. The molecule has 29 heavy (non-hydrogen) atoms. The molecule has 0 saturated carbocycles. The Kier molecular flexibility index (Phi) is 4.44. The molecule has 5 rings (SSSR count). The van der Waals surface area contributed by atoms with Crippen LogP contribution in [-0.4, -0.2) is 36.2 Å². The van der Waals surface area contributed by atoms with Crippen molar-refractivity contribution in [2.24, 2.45) is 0 Å². The Labute approximate surface area is 171 Å². The third-order valence-electron chi connectivity index (χ3n) is 6.26. The normalized spacial score (nSPS) is 15.4. The van der Waals surface area contributed by atoms with Gasteiger partial charge in [-0.15, -0.1) is 0 Å². The standard InChI is InChI=1S/C25H26N2O2/c1-17-6-5-8-22(18(17)2)27-12-10-26(11-13-27)16-19-14-25-21(15-23(19)28)20-7-3-4-9-24(20)29-25/h3-9,14-15,28H,10-13,16H2,1-2H3. The van der Waals surface area contributed by atoms with E-state index in [2.05, 4.69) is 41.8 Å². The first kappa shape index (κ1) is 18.1. The largest absolute Gasteiger partial charge is 0.508 e. The molecule has 1 fully saturated rings. The number of phenols is 1. The smallest absolute Gasteiger partial charge is 0.136 e. The zero-order chi connectivity index (χ0) is 20.0. The van der Waals surface area contributed by atoms with Crippen LogP contribution in [0.15, 0.2) is 59.0 Å². The fourth-order valence-corrected chi connectivity index (χ4v) is 4.39. The molecule has 0 bridgehead atoms. The van der Waals surface area contributed by atoms with Crippen LogP contribution in [0.5, 0.6) is 5.75 Å². The lowest BCUT2D eigenvalue weighted by molar-refractivity contribution is 0.246. The number of phenolic OH excluding ortho intramolecular Hbond substituents is 1. The molecule has 0 spiro atoms. The van der Waals surface area contributed by atoms with Gasteiger partial charge in [-0.3, -0.25) is 4.90 Å². The molecule has 1 N–H and O–H groups in total. The van der Waals surface area contributed by atoms with Crippen LogP contribution in [0.4, 0.5) is 5.69 Å². The topological polar surface area (TPSA) is 39.9 Å². The Balaban J connectivity index is 1.33. The third-order valence-corrected chi connectivity index (χ3v) is 6.26. The summed E-state index contributed by atoms with van der Waals surface area (Å²) in [4.78, 5) is 4.88. The number of anilines is 1. The molecule has 0 atom stereocenters. The number of rotatable bonds is 3. The molecule has 4 nitrogen and oxygen atoms in total. The van der Waals surface area contributed by atoms with Crippen molar-refractivity contribution < 1.29 is 9.52 Å². The van der Waals surface area contributed by atoms with Crippen molar-refractivity contribution in [2.75, 3.05) is 31.1 Å². The monoisotopic (exact) mass is 386 g/mol. The van der Waals surface area contributed by atoms with Crippen molar-refractivity contribution in [2.45, 2.75) is 20.4 Å². The van der Waals surface area contributed by atoms with E-state index >= 15 is 0 Å². The molecule has 0 amide bonds. The first-order valence-electron chi connectivity index (χ1n) is 10.3. The number of aryl methyl sites for hydroxylation is 1. The lowest BCUT2D eigenvalue weighted by Gasteiger charge is -2.37. The highest BCUT2D eigenvalue weighted by atomic mass is 16.3. The van der Waals surface area contributed by atoms with E-state index in [0.717, 1.165) is 60.2 Å². The summed E-state index contributed by atoms with van der Waals surface area (Å²) in [6.45, 7) is 9.06. The number of hydrogen-bond acceptors (Lipinski definition) is 4. The Morgan fingerprint density at radius 1 is 0.862 bits per heavy atom. The van der Waals surface area contributed by atoms with Crippen molar-refractivity contribution in [3.8, 4) is 5.75 Å². The first-order valence-corrected chi connectivity index (χ1v) is 10.3. The maximum Gasteiger partial charge on any atom is 0.136 e. The highest BCUT2D eigenvalue weighted by molar-refractivity contribution is 6.05. The molecule has 1 aliphatic rings. The summed E-state index contributed by atoms with van der Waals surface area (Å²) in [5.41, 5.74) is 6.69. The number of fused-ring (bicyclic) bond motifs is 3. The fraction of sp³-hybridized carbons (Fsp3) is 0.280. The minimum Gasteiger partial charge on any atom is -0.508 e. The number of nitrogens with zero attached hydrogens (tertiary/aromatic N) is 2. The summed E-state index contributed by atoms with van der Waals surface area (Å²) >= 11 is 0. The van der Waals surface area contributed by atoms with Gasteiger partial charge >= 0.3 is 0 Å². The van der Waals surface area contributed by atoms with Gasteiger partial charge in [0, 0.05) is 54.7 Å². The average molecular weight is 386 g/mol. The van der Waals surface area contributed by atoms with Crippen molar-refractivity contribution in [1.29, 1.82) is 0 Å². The molecule has 1 aromatic heterocycles. The zero-order valence-corrected chi connectivity index (χ0v) is 17.0. The Hall–Kier alpha value is -2.98. The van der Waals surface area contributed by atoms with Crippen LogP contribution in [0.3, 0.4) is 0 Å². The number of furan rings is 1. The molecule has 148 valence electrons. The van der Waals surface area contributed by atoms with Gasteiger partial charge in [-0.25, -0.2) is 0 Å². The van der Waals surface area contributed by atoms with Crippen LogP contribution in [-0.2, 0) is 6.54 Å². The van der Waals surface area contributed by atoms with E-state index in [9.17, 15) is 5.11 Å². The minimum absolute atomic E-state index is 0.348. The number of para-hydroxylation sites is 1. The molecular weight excluding hydrogens is 360 g/mol. The van der Waals surface area contributed by atoms with E-state index in [0.29, 0.717) is 5.75 Å². The summed E-state index contributed by atoms with van der Waals surface area (Å²) in [5.74, 6) is 0.348. The number of aromatic hydroxyl groups is 1. The molecule has 4 aromatic rings. The van der Waals surface area contributed by atoms with Crippen molar-refractivity contribution >= 4 is 27.6 Å². The molecule has 0 aliphatic carbocycles. The minimum atomic E-state index is 0.348. The molecule has 2 heterocycles. The quantitative estimate of drug-likeness (QED) is 0.523. The van der Waals surface area contributed by atoms with Crippen LogP contribution >= 0.6 is 0 Å². The van der Waals surface area contributed by atoms with Gasteiger partial charge in [0.1, 0.15) is 16.9 Å². The SMILES string of the molecule is Cc1cccc(N2CCN(Cc3cc4oc5ccccc5c4cc3O)CC2)c1C. The summed E-state index contributed by atoms with van der Waals surface area (Å²) < 4.78 is 6.00. The number of piperazine rings is 1. The maximum atomic E-state index is 10.6. The predicted molar refractivity (Wildman–Crippen MR) is 119 cm³/mol. The molecular formula is C25H26N2O2. The van der Waals surface area contributed by atoms with Crippen molar-refractivity contribution in [3.05, 3.63) is 71.3 Å². The van der Waals surface area contributed by atoms with E-state index in [1.807, 2.05) is 36.4 Å². The van der Waals surface area contributed by atoms with Gasteiger partial charge < -0.3 is 14.4 Å². The van der Waals surface area contributed by atoms with E-state index < -0.39 is 0 Å². The highest BCUT2D eigenvalue weighted by Gasteiger charge is 2.20. The van der Waals surface area contributed by atoms with Crippen LogP contribution in [0.2, 0.25) is 0 Å². The molecule has 0 unspecified atom stereocenters. The molecule has 1 saturated heterocycles. The third kappa shape index (κ3) is 3.23. The summed E-state index contributed by atoms with van der Waals surface area (Å²) in [6, 6.07) is 18.4. The summed E-state index contributed by atoms with van der Waals surface area (Å²) in [5, 5.41) is 12.7. The average Bonchev–Trinajstić information content (AvgIpc) is 3.08. The second kappa shape index (κ2) is 7.12. The van der Waals surface area contributed by atoms with E-state index in [1.54, 1.807) is 0 Å². The van der Waals surface area contributed by atoms with Crippen LogP contribution in [0, 0.1) is 13.8 Å². The van der Waals surface area contributed by atoms with Gasteiger partial charge in [0.2, 0.25) is 0 Å². The highest BCUT2D eigenvalue weighted by Crippen LogP contribution is 2.34. The number of hydrogen-bond donors (Lipinski definition) is 1. The maximum absolute atomic E-state index is 10.6. The Morgan fingerprint density at radius 3 is 2.48 bits per heavy atom. The van der Waals surface area contributed by atoms with Crippen LogP contribution in [0.25, 0.3) is 21.9 Å². The summed E-state index contributed by atoms with van der Waals surface area (Å²) in [6.07, 6.45) is 0. The summed E-state index contributed by atoms with van der Waals surface area (Å²) in [7, 11) is 0.